The van der Waals surface area contributed by atoms with Crippen LogP contribution in [0.4, 0.5) is 20.3 Å². The maximum atomic E-state index is 12.5. The molecule has 3 aromatic rings. The average Bonchev–Trinajstić information content (AvgIpc) is 3.60. The van der Waals surface area contributed by atoms with Crippen molar-refractivity contribution in [3.8, 4) is 23.6 Å². The Bertz CT molecular complexity index is 1130. The minimum Gasteiger partial charge on any atom is -0.417 e. The summed E-state index contributed by atoms with van der Waals surface area (Å²) in [7, 11) is 0. The number of ether oxygens (including phenoxy) is 1. The fourth-order valence-corrected chi connectivity index (χ4v) is 3.27. The second kappa shape index (κ2) is 9.34. The number of nitrogens with one attached hydrogen (secondary N) is 1. The molecular weight excluding hydrogens is 404 g/mol. The number of carbonyl (C=O) groups is 1. The van der Waals surface area contributed by atoms with E-state index >= 15 is 0 Å². The van der Waals surface area contributed by atoms with Gasteiger partial charge in [0, 0.05) is 47.6 Å². The molecule has 3 N–H and O–H groups in total. The number of pyridine rings is 2. The van der Waals surface area contributed by atoms with Crippen molar-refractivity contribution < 1.29 is 18.3 Å². The van der Waals surface area contributed by atoms with Gasteiger partial charge in [-0.25, -0.2) is 15.2 Å². The summed E-state index contributed by atoms with van der Waals surface area (Å²) in [6.45, 7) is 2.50. The molecule has 0 bridgehead atoms. The molecule has 1 aliphatic carbocycles. The maximum Gasteiger partial charge on any atom is 0.388 e. The molecular formula is C22H21F2N5O2. The van der Waals surface area contributed by atoms with Crippen LogP contribution in [0.2, 0.25) is 0 Å². The molecule has 31 heavy (non-hydrogen) atoms. The fourth-order valence-electron chi connectivity index (χ4n) is 3.27. The number of amides is 1. The van der Waals surface area contributed by atoms with Gasteiger partial charge in [0.2, 0.25) is 11.8 Å². The molecule has 7 nitrogen and oxygen atoms in total. The number of alkyl halides is 2. The number of aryl methyl sites for hydroxylation is 1. The van der Waals surface area contributed by atoms with Crippen molar-refractivity contribution in [1.29, 1.82) is 5.26 Å². The first-order valence-electron chi connectivity index (χ1n) is 9.64. The van der Waals surface area contributed by atoms with Crippen molar-refractivity contribution in [1.82, 2.24) is 9.97 Å². The molecule has 9 heteroatoms. The first kappa shape index (κ1) is 21.9. The summed E-state index contributed by atoms with van der Waals surface area (Å²) in [5, 5.41) is 10.9. The summed E-state index contributed by atoms with van der Waals surface area (Å²) >= 11 is 0. The summed E-state index contributed by atoms with van der Waals surface area (Å²) in [4.78, 5) is 20.3. The van der Waals surface area contributed by atoms with Crippen LogP contribution in [0.15, 0.2) is 36.7 Å². The molecule has 1 amide bonds. The lowest BCUT2D eigenvalue weighted by Crippen LogP contribution is -2.14. The highest BCUT2D eigenvalue weighted by Crippen LogP contribution is 2.34. The third kappa shape index (κ3) is 5.04. The van der Waals surface area contributed by atoms with E-state index in [1.807, 2.05) is 13.0 Å². The topological polar surface area (TPSA) is 114 Å². The van der Waals surface area contributed by atoms with Crippen LogP contribution in [0.1, 0.15) is 25.3 Å². The Kier molecular flexibility index (Phi) is 6.60. The van der Waals surface area contributed by atoms with Gasteiger partial charge >= 0.3 is 6.61 Å². The molecule has 2 aromatic heterocycles. The maximum absolute atomic E-state index is 12.5. The van der Waals surface area contributed by atoms with Gasteiger partial charge in [0.1, 0.15) is 5.82 Å². The van der Waals surface area contributed by atoms with Gasteiger partial charge in [0.15, 0.2) is 0 Å². The number of nitrogen functional groups attached to an aromatic ring is 1. The molecule has 0 atom stereocenters. The van der Waals surface area contributed by atoms with Crippen molar-refractivity contribution >= 4 is 28.2 Å². The van der Waals surface area contributed by atoms with Crippen molar-refractivity contribution in [2.24, 2.45) is 5.92 Å². The number of anilines is 2. The number of fused-ring (bicyclic) bond motifs is 1. The molecule has 1 aromatic carbocycles. The van der Waals surface area contributed by atoms with Crippen LogP contribution in [0.5, 0.6) is 5.88 Å². The van der Waals surface area contributed by atoms with E-state index in [0.717, 1.165) is 40.3 Å². The molecule has 1 saturated carbocycles. The Morgan fingerprint density at radius 3 is 2.65 bits per heavy atom. The van der Waals surface area contributed by atoms with E-state index in [0.29, 0.717) is 17.9 Å². The lowest BCUT2D eigenvalue weighted by atomic mass is 9.97. The highest BCUT2D eigenvalue weighted by Gasteiger charge is 2.29. The highest BCUT2D eigenvalue weighted by atomic mass is 19.3. The van der Waals surface area contributed by atoms with E-state index in [1.165, 1.54) is 12.3 Å². The standard InChI is InChI=1S/C21H20F2N4O2.CHN/c1-2-11-8-19(29-21(22)23)26-9-15(11)13-5-14-7-18(27-20(28)12-3-4-12)25-10-16(14)17(24)6-13;1-2/h5-10,12,21H,2-4,24H2,1H3,(H,25,27,28);1H. The number of rotatable bonds is 6. The molecule has 1 aliphatic rings. The third-order valence-corrected chi connectivity index (χ3v) is 4.93. The minimum absolute atomic E-state index is 0.0203. The SMILES string of the molecule is C#N.CCc1cc(OC(F)F)ncc1-c1cc(N)c2cnc(NC(=O)C3CC3)cc2c1. The van der Waals surface area contributed by atoms with Gasteiger partial charge in [-0.1, -0.05) is 6.92 Å². The molecule has 160 valence electrons. The lowest BCUT2D eigenvalue weighted by molar-refractivity contribution is -0.117. The number of carbonyl (C=O) groups excluding carboxylic acids is 1. The van der Waals surface area contributed by atoms with Crippen LogP contribution in [0, 0.1) is 17.8 Å². The molecule has 4 rings (SSSR count). The Balaban J connectivity index is 0.00000132. The van der Waals surface area contributed by atoms with E-state index < -0.39 is 6.61 Å². The Morgan fingerprint density at radius 2 is 2.00 bits per heavy atom. The zero-order chi connectivity index (χ0) is 22.5. The second-order valence-electron chi connectivity index (χ2n) is 7.03. The first-order chi connectivity index (χ1) is 14.9. The van der Waals surface area contributed by atoms with Crippen LogP contribution in [0.3, 0.4) is 0 Å². The molecule has 1 fully saturated rings. The quantitative estimate of drug-likeness (QED) is 0.561. The Labute approximate surface area is 177 Å². The Morgan fingerprint density at radius 1 is 1.26 bits per heavy atom. The van der Waals surface area contributed by atoms with Crippen LogP contribution in [-0.4, -0.2) is 22.5 Å². The van der Waals surface area contributed by atoms with Crippen molar-refractivity contribution in [2.45, 2.75) is 32.8 Å². The number of nitrogens with zero attached hydrogens (tertiary/aromatic N) is 3. The predicted molar refractivity (Wildman–Crippen MR) is 113 cm³/mol. The second-order valence-corrected chi connectivity index (χ2v) is 7.03. The molecule has 0 radical (unpaired) electrons. The summed E-state index contributed by atoms with van der Waals surface area (Å²) in [6.07, 6.45) is 5.57. The van der Waals surface area contributed by atoms with Gasteiger partial charge in [-0.2, -0.15) is 8.78 Å². The fraction of sp³-hybridized carbons (Fsp3) is 0.273. The molecule has 0 saturated heterocycles. The number of nitriles is 1. The highest BCUT2D eigenvalue weighted by molar-refractivity contribution is 6.00. The summed E-state index contributed by atoms with van der Waals surface area (Å²) in [6, 6.07) is 7.01. The zero-order valence-corrected chi connectivity index (χ0v) is 16.8. The molecule has 2 heterocycles. The Hall–Kier alpha value is -3.80. The number of aromatic nitrogens is 2. The summed E-state index contributed by atoms with van der Waals surface area (Å²) < 4.78 is 29.3. The normalized spacial score (nSPS) is 12.8. The monoisotopic (exact) mass is 425 g/mol. The van der Waals surface area contributed by atoms with Gasteiger partial charge in [0.05, 0.1) is 0 Å². The van der Waals surface area contributed by atoms with Crippen molar-refractivity contribution in [3.63, 3.8) is 0 Å². The smallest absolute Gasteiger partial charge is 0.388 e. The number of nitrogens with two attached hydrogens (primary N) is 1. The van der Waals surface area contributed by atoms with Gasteiger partial charge in [0.25, 0.3) is 0 Å². The van der Waals surface area contributed by atoms with Gasteiger partial charge in [-0.05, 0) is 54.0 Å². The zero-order valence-electron chi connectivity index (χ0n) is 16.8. The van der Waals surface area contributed by atoms with E-state index in [4.69, 9.17) is 11.0 Å². The number of benzene rings is 1. The van der Waals surface area contributed by atoms with Crippen LogP contribution in [0.25, 0.3) is 21.9 Å². The van der Waals surface area contributed by atoms with E-state index in [1.54, 1.807) is 18.3 Å². The van der Waals surface area contributed by atoms with Crippen LogP contribution >= 0.6 is 0 Å². The van der Waals surface area contributed by atoms with Gasteiger partial charge < -0.3 is 15.8 Å². The predicted octanol–water partition coefficient (Wildman–Crippen LogP) is 4.53. The van der Waals surface area contributed by atoms with E-state index in [2.05, 4.69) is 26.6 Å². The summed E-state index contributed by atoms with van der Waals surface area (Å²) in [5.41, 5.74) is 9.14. The number of hydrogen-bond acceptors (Lipinski definition) is 6. The number of halogens is 2. The largest absolute Gasteiger partial charge is 0.417 e. The van der Waals surface area contributed by atoms with Crippen molar-refractivity contribution in [3.05, 3.63) is 42.2 Å². The van der Waals surface area contributed by atoms with Crippen LogP contribution < -0.4 is 15.8 Å². The average molecular weight is 425 g/mol. The van der Waals surface area contributed by atoms with Crippen molar-refractivity contribution in [2.75, 3.05) is 11.1 Å². The molecule has 0 unspecified atom stereocenters. The lowest BCUT2D eigenvalue weighted by Gasteiger charge is -2.13. The minimum atomic E-state index is -2.92. The van der Waals surface area contributed by atoms with E-state index in [9.17, 15) is 13.6 Å². The van der Waals surface area contributed by atoms with Gasteiger partial charge in [-0.3, -0.25) is 4.79 Å². The summed E-state index contributed by atoms with van der Waals surface area (Å²) in [5.74, 6) is 0.410. The molecule has 0 aliphatic heterocycles. The van der Waals surface area contributed by atoms with Gasteiger partial charge in [-0.15, -0.1) is 0 Å². The first-order valence-corrected chi connectivity index (χ1v) is 9.64. The van der Waals surface area contributed by atoms with E-state index in [-0.39, 0.29) is 17.7 Å². The third-order valence-electron chi connectivity index (χ3n) is 4.93. The number of hydrogen-bond donors (Lipinski definition) is 2. The molecule has 0 spiro atoms. The van der Waals surface area contributed by atoms with Crippen LogP contribution in [-0.2, 0) is 11.2 Å².